The zero-order valence-corrected chi connectivity index (χ0v) is 17.9. The maximum atomic E-state index is 13.4. The van der Waals surface area contributed by atoms with E-state index in [1.54, 1.807) is 23.1 Å². The Labute approximate surface area is 180 Å². The van der Waals surface area contributed by atoms with Gasteiger partial charge in [0.05, 0.1) is 11.9 Å². The number of benzene rings is 1. The summed E-state index contributed by atoms with van der Waals surface area (Å²) < 4.78 is 17.3. The maximum absolute atomic E-state index is 13.4. The van der Waals surface area contributed by atoms with E-state index in [1.807, 2.05) is 13.8 Å². The minimum Gasteiger partial charge on any atom is -0.454 e. The first-order chi connectivity index (χ1) is 14.8. The number of carbonyl (C=O) groups excluding carboxylic acids is 1. The molecule has 1 aliphatic carbocycles. The Balaban J connectivity index is 1.70. The first-order valence-electron chi connectivity index (χ1n) is 10.6. The fourth-order valence-electron chi connectivity index (χ4n) is 4.15. The van der Waals surface area contributed by atoms with Crippen LogP contribution in [0.25, 0.3) is 5.69 Å². The van der Waals surface area contributed by atoms with Crippen LogP contribution in [0.2, 0.25) is 0 Å². The Hall–Kier alpha value is -3.23. The van der Waals surface area contributed by atoms with Crippen molar-refractivity contribution < 1.29 is 28.9 Å². The summed E-state index contributed by atoms with van der Waals surface area (Å²) in [6.45, 7) is 6.11. The van der Waals surface area contributed by atoms with Gasteiger partial charge in [-0.05, 0) is 57.6 Å². The van der Waals surface area contributed by atoms with Crippen molar-refractivity contribution in [1.29, 1.82) is 0 Å². The highest BCUT2D eigenvalue weighted by molar-refractivity contribution is 5.96. The molecule has 1 amide bonds. The molecule has 166 valence electrons. The van der Waals surface area contributed by atoms with E-state index in [9.17, 15) is 14.7 Å². The van der Waals surface area contributed by atoms with Crippen molar-refractivity contribution in [3.8, 4) is 22.9 Å². The van der Waals surface area contributed by atoms with Crippen molar-refractivity contribution in [2.75, 3.05) is 11.7 Å². The first-order valence-corrected chi connectivity index (χ1v) is 10.6. The third-order valence-electron chi connectivity index (χ3n) is 5.83. The Morgan fingerprint density at radius 3 is 2.58 bits per heavy atom. The average molecular weight is 429 g/mol. The van der Waals surface area contributed by atoms with Gasteiger partial charge in [0.15, 0.2) is 17.2 Å². The number of nitrogens with zero attached hydrogens (tertiary/aromatic N) is 3. The number of hydrogen-bond donors (Lipinski definition) is 1. The molecule has 2 heterocycles. The molecule has 1 saturated carbocycles. The molecular weight excluding hydrogens is 402 g/mol. The number of anilines is 1. The van der Waals surface area contributed by atoms with E-state index in [4.69, 9.17) is 14.2 Å². The van der Waals surface area contributed by atoms with E-state index in [2.05, 4.69) is 12.0 Å². The van der Waals surface area contributed by atoms with E-state index in [0.717, 1.165) is 25.7 Å². The zero-order chi connectivity index (χ0) is 22.1. The molecule has 9 nitrogen and oxygen atoms in total. The number of carbonyl (C=O) groups is 2. The lowest BCUT2D eigenvalue weighted by Crippen LogP contribution is -2.42. The van der Waals surface area contributed by atoms with Crippen LogP contribution >= 0.6 is 0 Å². The summed E-state index contributed by atoms with van der Waals surface area (Å²) in [5, 5.41) is 13.8. The van der Waals surface area contributed by atoms with Crippen molar-refractivity contribution in [2.45, 2.75) is 52.5 Å². The molecule has 0 unspecified atom stereocenters. The van der Waals surface area contributed by atoms with Gasteiger partial charge >= 0.3 is 6.16 Å². The molecule has 1 aromatic carbocycles. The molecule has 1 aliphatic heterocycles. The van der Waals surface area contributed by atoms with Crippen molar-refractivity contribution >= 4 is 17.9 Å². The van der Waals surface area contributed by atoms with Gasteiger partial charge in [-0.15, -0.1) is 5.10 Å². The van der Waals surface area contributed by atoms with Crippen LogP contribution in [-0.4, -0.2) is 39.8 Å². The lowest BCUT2D eigenvalue weighted by Gasteiger charge is -2.32. The zero-order valence-electron chi connectivity index (χ0n) is 17.9. The number of ether oxygens (including phenoxy) is 3. The maximum Gasteiger partial charge on any atom is 0.511 e. The molecule has 0 radical (unpaired) electrons. The van der Waals surface area contributed by atoms with E-state index in [1.165, 1.54) is 10.9 Å². The minimum atomic E-state index is -1.46. The molecular formula is C22H27N3O6. The monoisotopic (exact) mass is 429 g/mol. The summed E-state index contributed by atoms with van der Waals surface area (Å²) in [7, 11) is 0. The van der Waals surface area contributed by atoms with Gasteiger partial charge in [0.1, 0.15) is 0 Å². The highest BCUT2D eigenvalue weighted by Crippen LogP contribution is 2.37. The van der Waals surface area contributed by atoms with Gasteiger partial charge in [-0.25, -0.2) is 9.48 Å². The quantitative estimate of drug-likeness (QED) is 0.710. The van der Waals surface area contributed by atoms with Crippen LogP contribution in [0.15, 0.2) is 24.4 Å². The predicted molar refractivity (Wildman–Crippen MR) is 112 cm³/mol. The molecule has 1 fully saturated rings. The van der Waals surface area contributed by atoms with Crippen LogP contribution in [0.4, 0.5) is 10.6 Å². The molecule has 0 spiro atoms. The summed E-state index contributed by atoms with van der Waals surface area (Å²) in [6, 6.07) is 5.06. The van der Waals surface area contributed by atoms with Gasteiger partial charge in [-0.2, -0.15) is 0 Å². The highest BCUT2D eigenvalue weighted by Gasteiger charge is 2.34. The number of fused-ring (bicyclic) bond motifs is 1. The molecule has 1 N–H and O–H groups in total. The lowest BCUT2D eigenvalue weighted by atomic mass is 9.82. The molecule has 0 atom stereocenters. The van der Waals surface area contributed by atoms with Gasteiger partial charge < -0.3 is 19.3 Å². The highest BCUT2D eigenvalue weighted by atomic mass is 16.7. The van der Waals surface area contributed by atoms with Gasteiger partial charge in [0.25, 0.3) is 0 Å². The average Bonchev–Trinajstić information content (AvgIpc) is 3.34. The number of amides is 1. The van der Waals surface area contributed by atoms with E-state index < -0.39 is 6.16 Å². The summed E-state index contributed by atoms with van der Waals surface area (Å²) in [6.07, 6.45) is 3.66. The number of carboxylic acid groups (broad SMARTS) is 1. The fourth-order valence-corrected chi connectivity index (χ4v) is 4.15. The van der Waals surface area contributed by atoms with Crippen molar-refractivity contribution in [2.24, 2.45) is 11.8 Å². The second-order valence-corrected chi connectivity index (χ2v) is 8.43. The third kappa shape index (κ3) is 4.30. The third-order valence-corrected chi connectivity index (χ3v) is 5.83. The van der Waals surface area contributed by atoms with Crippen molar-refractivity contribution in [1.82, 2.24) is 9.78 Å². The molecule has 1 aromatic heterocycles. The largest absolute Gasteiger partial charge is 0.511 e. The number of rotatable bonds is 5. The second-order valence-electron chi connectivity index (χ2n) is 8.43. The number of hydrogen-bond acceptors (Lipinski definition) is 6. The van der Waals surface area contributed by atoms with Crippen LogP contribution in [0.5, 0.6) is 17.2 Å². The SMILES string of the molecule is CC1CCC(C(=O)N(c2nn(-c3ccc4c(c3)OCO4)cc2OC(=O)O)C(C)C)CC1. The van der Waals surface area contributed by atoms with Crippen LogP contribution in [0.3, 0.4) is 0 Å². The Morgan fingerprint density at radius 2 is 1.90 bits per heavy atom. The Kier molecular flexibility index (Phi) is 5.75. The van der Waals surface area contributed by atoms with E-state index in [-0.39, 0.29) is 36.2 Å². The molecule has 2 aliphatic rings. The van der Waals surface area contributed by atoms with Crippen LogP contribution in [0.1, 0.15) is 46.5 Å². The second kappa shape index (κ2) is 8.49. The topological polar surface area (TPSA) is 103 Å². The normalized spacial score (nSPS) is 20.0. The molecule has 9 heteroatoms. The van der Waals surface area contributed by atoms with Crippen LogP contribution in [0, 0.1) is 11.8 Å². The molecule has 0 bridgehead atoms. The van der Waals surface area contributed by atoms with Gasteiger partial charge in [0.2, 0.25) is 18.5 Å². The molecule has 31 heavy (non-hydrogen) atoms. The Morgan fingerprint density at radius 1 is 1.19 bits per heavy atom. The lowest BCUT2D eigenvalue weighted by molar-refractivity contribution is -0.124. The summed E-state index contributed by atoms with van der Waals surface area (Å²) >= 11 is 0. The van der Waals surface area contributed by atoms with E-state index in [0.29, 0.717) is 23.1 Å². The van der Waals surface area contributed by atoms with Gasteiger partial charge in [-0.1, -0.05) is 6.92 Å². The van der Waals surface area contributed by atoms with Gasteiger partial charge in [0, 0.05) is 18.0 Å². The summed E-state index contributed by atoms with van der Waals surface area (Å²) in [4.78, 5) is 26.3. The number of aromatic nitrogens is 2. The summed E-state index contributed by atoms with van der Waals surface area (Å²) in [5.41, 5.74) is 0.633. The van der Waals surface area contributed by atoms with Crippen molar-refractivity contribution in [3.63, 3.8) is 0 Å². The Bertz CT molecular complexity index is 978. The van der Waals surface area contributed by atoms with Crippen LogP contribution < -0.4 is 19.1 Å². The molecule has 0 saturated heterocycles. The van der Waals surface area contributed by atoms with Crippen LogP contribution in [-0.2, 0) is 4.79 Å². The first kappa shape index (κ1) is 21.0. The van der Waals surface area contributed by atoms with Gasteiger partial charge in [-0.3, -0.25) is 9.69 Å². The fraction of sp³-hybridized carbons (Fsp3) is 0.500. The smallest absolute Gasteiger partial charge is 0.454 e. The minimum absolute atomic E-state index is 0.0106. The predicted octanol–water partition coefficient (Wildman–Crippen LogP) is 4.23. The van der Waals surface area contributed by atoms with Crippen molar-refractivity contribution in [3.05, 3.63) is 24.4 Å². The molecule has 4 rings (SSSR count). The van der Waals surface area contributed by atoms with E-state index >= 15 is 0 Å². The molecule has 2 aromatic rings. The standard InChI is InChI=1S/C22H27N3O6/c1-13(2)25(21(26)15-6-4-14(3)5-7-15)20-19(31-22(27)28)11-24(23-20)16-8-9-17-18(10-16)30-12-29-17/h8-11,13-15H,4-7,12H2,1-3H3,(H,27,28). The summed E-state index contributed by atoms with van der Waals surface area (Å²) in [5.74, 6) is 1.87.